The van der Waals surface area contributed by atoms with E-state index in [1.54, 1.807) is 0 Å². The highest BCUT2D eigenvalue weighted by Crippen LogP contribution is 2.01. The van der Waals surface area contributed by atoms with E-state index in [0.29, 0.717) is 0 Å². The van der Waals surface area contributed by atoms with E-state index in [1.807, 2.05) is 0 Å². The number of nitrogens with two attached hydrogens (primary N) is 2. The molecule has 1 aliphatic rings. The Morgan fingerprint density at radius 3 is 2.64 bits per heavy atom. The lowest BCUT2D eigenvalue weighted by Gasteiger charge is -2.20. The van der Waals surface area contributed by atoms with Crippen LogP contribution in [0.15, 0.2) is 0 Å². The van der Waals surface area contributed by atoms with Gasteiger partial charge in [-0.3, -0.25) is 11.7 Å². The van der Waals surface area contributed by atoms with Crippen LogP contribution in [0.5, 0.6) is 0 Å². The Hall–Kier alpha value is -0.200. The van der Waals surface area contributed by atoms with Gasteiger partial charge in [0, 0.05) is 19.6 Å². The van der Waals surface area contributed by atoms with E-state index in [9.17, 15) is 0 Å². The third-order valence-corrected chi connectivity index (χ3v) is 2.70. The van der Waals surface area contributed by atoms with Crippen LogP contribution in [0.2, 0.25) is 0 Å². The van der Waals surface area contributed by atoms with E-state index in [4.69, 9.17) is 11.7 Å². The van der Waals surface area contributed by atoms with Crippen LogP contribution in [-0.4, -0.2) is 61.2 Å². The Bertz CT molecular complexity index is 150. The van der Waals surface area contributed by atoms with Crippen LogP contribution in [0.3, 0.4) is 0 Å². The highest BCUT2D eigenvalue weighted by molar-refractivity contribution is 4.67. The molecule has 5 nitrogen and oxygen atoms in total. The second kappa shape index (κ2) is 6.31. The highest BCUT2D eigenvalue weighted by Gasteiger charge is 2.11. The third-order valence-electron chi connectivity index (χ3n) is 2.70. The summed E-state index contributed by atoms with van der Waals surface area (Å²) in [5.41, 5.74) is 0. The molecule has 1 fully saturated rings. The van der Waals surface area contributed by atoms with Gasteiger partial charge in [0.25, 0.3) is 0 Å². The molecule has 5 heteroatoms. The van der Waals surface area contributed by atoms with Crippen LogP contribution in [0, 0.1) is 0 Å². The molecule has 1 rings (SSSR count). The summed E-state index contributed by atoms with van der Waals surface area (Å²) in [5.74, 6) is 10.7. The van der Waals surface area contributed by atoms with Crippen LogP contribution < -0.4 is 11.7 Å². The van der Waals surface area contributed by atoms with Crippen molar-refractivity contribution in [2.75, 3.05) is 46.3 Å². The summed E-state index contributed by atoms with van der Waals surface area (Å²) in [6, 6.07) is 0. The topological polar surface area (TPSA) is 61.8 Å². The molecule has 1 saturated heterocycles. The third kappa shape index (κ3) is 4.88. The van der Waals surface area contributed by atoms with Crippen molar-refractivity contribution in [3.63, 3.8) is 0 Å². The first-order chi connectivity index (χ1) is 6.68. The molecule has 1 heterocycles. The van der Waals surface area contributed by atoms with Crippen LogP contribution in [0.1, 0.15) is 12.8 Å². The summed E-state index contributed by atoms with van der Waals surface area (Å²) in [5, 5.41) is 1.27. The van der Waals surface area contributed by atoms with Crippen LogP contribution >= 0.6 is 0 Å². The van der Waals surface area contributed by atoms with Gasteiger partial charge in [0.15, 0.2) is 0 Å². The van der Waals surface area contributed by atoms with Crippen molar-refractivity contribution in [3.05, 3.63) is 0 Å². The van der Waals surface area contributed by atoms with Crippen LogP contribution in [-0.2, 0) is 0 Å². The molecular weight excluding hydrogens is 178 g/mol. The molecule has 0 aliphatic carbocycles. The van der Waals surface area contributed by atoms with Gasteiger partial charge in [-0.15, -0.1) is 0 Å². The molecule has 0 bridgehead atoms. The van der Waals surface area contributed by atoms with Crippen molar-refractivity contribution in [2.45, 2.75) is 12.8 Å². The summed E-state index contributed by atoms with van der Waals surface area (Å²) in [7, 11) is 2.19. The molecular formula is C9H23N5. The van der Waals surface area contributed by atoms with Crippen LogP contribution in [0.25, 0.3) is 0 Å². The zero-order valence-electron chi connectivity index (χ0n) is 9.15. The molecule has 0 amide bonds. The Morgan fingerprint density at radius 1 is 1.14 bits per heavy atom. The Labute approximate surface area is 86.6 Å². The Morgan fingerprint density at radius 2 is 1.93 bits per heavy atom. The number of nitrogens with zero attached hydrogens (tertiary/aromatic N) is 3. The van der Waals surface area contributed by atoms with Gasteiger partial charge < -0.3 is 9.80 Å². The number of rotatable bonds is 4. The fourth-order valence-electron chi connectivity index (χ4n) is 1.80. The molecule has 14 heavy (non-hydrogen) atoms. The van der Waals surface area contributed by atoms with Gasteiger partial charge in [-0.05, 0) is 39.5 Å². The molecule has 0 aromatic rings. The normalized spacial score (nSPS) is 21.4. The molecule has 0 aromatic heterocycles. The summed E-state index contributed by atoms with van der Waals surface area (Å²) < 4.78 is 0. The van der Waals surface area contributed by atoms with Gasteiger partial charge in [-0.25, -0.2) is 0 Å². The van der Waals surface area contributed by atoms with E-state index >= 15 is 0 Å². The summed E-state index contributed by atoms with van der Waals surface area (Å²) >= 11 is 0. The summed E-state index contributed by atoms with van der Waals surface area (Å²) in [4.78, 5) is 4.88. The minimum absolute atomic E-state index is 0.770. The summed E-state index contributed by atoms with van der Waals surface area (Å²) in [6.07, 6.45) is 2.32. The SMILES string of the molecule is CN1CCCN(CCCN(N)N)CC1. The molecule has 0 radical (unpaired) electrons. The molecule has 0 aromatic carbocycles. The first-order valence-electron chi connectivity index (χ1n) is 5.36. The fraction of sp³-hybridized carbons (Fsp3) is 1.00. The van der Waals surface area contributed by atoms with Gasteiger partial charge in [0.05, 0.1) is 0 Å². The zero-order chi connectivity index (χ0) is 10.4. The lowest BCUT2D eigenvalue weighted by Crippen LogP contribution is -2.40. The molecule has 1 aliphatic heterocycles. The van der Waals surface area contributed by atoms with Crippen molar-refractivity contribution in [1.82, 2.24) is 14.9 Å². The number of hydrogen-bond donors (Lipinski definition) is 2. The average molecular weight is 201 g/mol. The number of hydrogen-bond acceptors (Lipinski definition) is 5. The zero-order valence-corrected chi connectivity index (χ0v) is 9.15. The second-order valence-corrected chi connectivity index (χ2v) is 4.09. The lowest BCUT2D eigenvalue weighted by atomic mass is 10.3. The monoisotopic (exact) mass is 201 g/mol. The first kappa shape index (κ1) is 11.9. The quantitative estimate of drug-likeness (QED) is 0.454. The summed E-state index contributed by atoms with van der Waals surface area (Å²) in [6.45, 7) is 6.65. The maximum Gasteiger partial charge on any atom is 0.0295 e. The largest absolute Gasteiger partial charge is 0.305 e. The van der Waals surface area contributed by atoms with E-state index < -0.39 is 0 Å². The average Bonchev–Trinajstić information content (AvgIpc) is 2.30. The number of hydrazine groups is 2. The molecule has 0 saturated carbocycles. The van der Waals surface area contributed by atoms with Crippen molar-refractivity contribution in [2.24, 2.45) is 11.7 Å². The van der Waals surface area contributed by atoms with Crippen molar-refractivity contribution in [3.8, 4) is 0 Å². The Kier molecular flexibility index (Phi) is 5.36. The molecule has 0 spiro atoms. The fourth-order valence-corrected chi connectivity index (χ4v) is 1.80. The Balaban J connectivity index is 2.11. The van der Waals surface area contributed by atoms with Crippen molar-refractivity contribution in [1.29, 1.82) is 0 Å². The van der Waals surface area contributed by atoms with Gasteiger partial charge in [0.1, 0.15) is 0 Å². The maximum atomic E-state index is 5.35. The van der Waals surface area contributed by atoms with E-state index in [0.717, 1.165) is 19.5 Å². The molecule has 0 unspecified atom stereocenters. The van der Waals surface area contributed by atoms with E-state index in [2.05, 4.69) is 16.8 Å². The molecule has 84 valence electrons. The molecule has 0 atom stereocenters. The second-order valence-electron chi connectivity index (χ2n) is 4.09. The maximum absolute atomic E-state index is 5.35. The minimum atomic E-state index is 0.770. The highest BCUT2D eigenvalue weighted by atomic mass is 15.6. The predicted octanol–water partition coefficient (Wildman–Crippen LogP) is -0.937. The van der Waals surface area contributed by atoms with Gasteiger partial charge in [0.2, 0.25) is 0 Å². The van der Waals surface area contributed by atoms with Crippen molar-refractivity contribution >= 4 is 0 Å². The van der Waals surface area contributed by atoms with Gasteiger partial charge in [-0.1, -0.05) is 0 Å². The minimum Gasteiger partial charge on any atom is -0.305 e. The smallest absolute Gasteiger partial charge is 0.0295 e. The van der Waals surface area contributed by atoms with E-state index in [1.165, 1.54) is 37.7 Å². The van der Waals surface area contributed by atoms with Gasteiger partial charge in [-0.2, -0.15) is 5.12 Å². The molecule has 4 N–H and O–H groups in total. The van der Waals surface area contributed by atoms with Gasteiger partial charge >= 0.3 is 0 Å². The van der Waals surface area contributed by atoms with E-state index in [-0.39, 0.29) is 0 Å². The van der Waals surface area contributed by atoms with Crippen LogP contribution in [0.4, 0.5) is 0 Å². The first-order valence-corrected chi connectivity index (χ1v) is 5.36. The number of likely N-dealkylation sites (N-methyl/N-ethyl adjacent to an activating group) is 1. The standard InChI is InChI=1S/C9H23N5/c1-12-4-2-5-13(9-8-12)6-3-7-14(10)11/h2-11H2,1H3. The predicted molar refractivity (Wildman–Crippen MR) is 58.3 cm³/mol. The lowest BCUT2D eigenvalue weighted by molar-refractivity contribution is 0.235. The van der Waals surface area contributed by atoms with Crippen molar-refractivity contribution < 1.29 is 0 Å².